The summed E-state index contributed by atoms with van der Waals surface area (Å²) in [6.07, 6.45) is 24.9. The Labute approximate surface area is 251 Å². The fourth-order valence-electron chi connectivity index (χ4n) is 5.38. The van der Waals surface area contributed by atoms with Crippen LogP contribution in [0.25, 0.3) is 0 Å². The van der Waals surface area contributed by atoms with Crippen molar-refractivity contribution in [3.05, 3.63) is 12.2 Å². The van der Waals surface area contributed by atoms with E-state index in [0.29, 0.717) is 43.4 Å². The molecule has 0 aliphatic heterocycles. The van der Waals surface area contributed by atoms with Crippen LogP contribution in [0.15, 0.2) is 12.2 Å². The van der Waals surface area contributed by atoms with E-state index in [2.05, 4.69) is 19.1 Å². The van der Waals surface area contributed by atoms with Crippen LogP contribution in [0, 0.1) is 17.8 Å². The van der Waals surface area contributed by atoms with Crippen molar-refractivity contribution in [2.75, 3.05) is 26.2 Å². The molecule has 0 aromatic heterocycles. The van der Waals surface area contributed by atoms with E-state index in [-0.39, 0.29) is 0 Å². The number of aliphatic carboxylic acids is 3. The quantitative estimate of drug-likeness (QED) is 0.0463. The summed E-state index contributed by atoms with van der Waals surface area (Å²) in [4.78, 5) is 34.5. The first-order valence-electron chi connectivity index (χ1n) is 16.7. The van der Waals surface area contributed by atoms with Gasteiger partial charge in [0, 0.05) is 19.3 Å². The van der Waals surface area contributed by atoms with E-state index in [1.165, 1.54) is 77.0 Å². The topological polar surface area (TPSA) is 112 Å². The maximum Gasteiger partial charge on any atom is 0.306 e. The number of rotatable bonds is 29. The van der Waals surface area contributed by atoms with Crippen molar-refractivity contribution >= 4 is 17.9 Å². The van der Waals surface area contributed by atoms with Crippen molar-refractivity contribution in [1.82, 2.24) is 0 Å². The molecule has 3 atom stereocenters. The molecule has 0 heterocycles. The molecular weight excluding hydrogens is 518 g/mol. The average molecular weight is 583 g/mol. The van der Waals surface area contributed by atoms with Gasteiger partial charge in [0.05, 0.1) is 43.9 Å². The molecule has 0 bridgehead atoms. The Morgan fingerprint density at radius 3 is 1.15 bits per heavy atom. The lowest BCUT2D eigenvalue weighted by molar-refractivity contribution is -0.929. The van der Waals surface area contributed by atoms with Crippen LogP contribution in [-0.4, -0.2) is 63.9 Å². The van der Waals surface area contributed by atoms with E-state index in [0.717, 1.165) is 25.8 Å². The lowest BCUT2D eigenvalue weighted by Crippen LogP contribution is -2.52. The van der Waals surface area contributed by atoms with Gasteiger partial charge in [-0.25, -0.2) is 0 Å². The SMILES string of the molecule is CC/C=C/CCCCCCCCCCCCCCC[N+](CCC(C)C(=O)O)(CCC(C)C(=O)O)CCC(C)C(=O)O. The summed E-state index contributed by atoms with van der Waals surface area (Å²) in [5.74, 6) is -3.90. The van der Waals surface area contributed by atoms with Crippen LogP contribution in [0.4, 0.5) is 0 Å². The summed E-state index contributed by atoms with van der Waals surface area (Å²) in [6.45, 7) is 10.1. The molecule has 0 saturated carbocycles. The molecule has 0 saturated heterocycles. The summed E-state index contributed by atoms with van der Waals surface area (Å²) < 4.78 is 0.613. The Hall–Kier alpha value is -1.89. The zero-order valence-corrected chi connectivity index (χ0v) is 27.0. The Morgan fingerprint density at radius 1 is 0.512 bits per heavy atom. The van der Waals surface area contributed by atoms with Gasteiger partial charge in [-0.1, -0.05) is 104 Å². The Balaban J connectivity index is 4.55. The van der Waals surface area contributed by atoms with E-state index in [4.69, 9.17) is 0 Å². The first-order chi connectivity index (χ1) is 19.5. The van der Waals surface area contributed by atoms with Crippen LogP contribution in [0.2, 0.25) is 0 Å². The van der Waals surface area contributed by atoms with Crippen molar-refractivity contribution in [3.63, 3.8) is 0 Å². The van der Waals surface area contributed by atoms with Gasteiger partial charge in [-0.2, -0.15) is 0 Å². The van der Waals surface area contributed by atoms with Crippen LogP contribution >= 0.6 is 0 Å². The van der Waals surface area contributed by atoms with Gasteiger partial charge in [-0.05, 0) is 32.1 Å². The molecule has 0 aliphatic carbocycles. The van der Waals surface area contributed by atoms with Crippen LogP contribution in [0.1, 0.15) is 143 Å². The Bertz CT molecular complexity index is 662. The molecule has 0 fully saturated rings. The van der Waals surface area contributed by atoms with Crippen LogP contribution in [0.3, 0.4) is 0 Å². The number of carboxylic acids is 3. The molecule has 0 amide bonds. The summed E-state index contributed by atoms with van der Waals surface area (Å²) in [7, 11) is 0. The number of hydrogen-bond acceptors (Lipinski definition) is 3. The molecule has 0 radical (unpaired) electrons. The number of allylic oxidation sites excluding steroid dienone is 2. The predicted octanol–water partition coefficient (Wildman–Crippen LogP) is 8.56. The summed E-state index contributed by atoms with van der Waals surface area (Å²) >= 11 is 0. The standard InChI is InChI=1S/C34H63NO6/c1-5-6-7-8-9-10-11-12-13-14-15-16-17-18-19-20-21-25-35(26-22-29(2)32(36)37,27-23-30(3)33(38)39)28-24-31(4)34(40)41/h6-7,29-31H,5,8-28H2,1-4H3,(H2-,36,37,38,39,40,41)/p+1/b7-6+. The van der Waals surface area contributed by atoms with Gasteiger partial charge in [0.2, 0.25) is 0 Å². The number of hydrogen-bond donors (Lipinski definition) is 3. The van der Waals surface area contributed by atoms with Crippen molar-refractivity contribution in [2.45, 2.75) is 143 Å². The van der Waals surface area contributed by atoms with E-state index in [9.17, 15) is 29.7 Å². The van der Waals surface area contributed by atoms with Crippen LogP contribution < -0.4 is 0 Å². The Kier molecular flexibility index (Phi) is 23.5. The van der Waals surface area contributed by atoms with Gasteiger partial charge in [0.25, 0.3) is 0 Å². The molecule has 7 heteroatoms. The van der Waals surface area contributed by atoms with Crippen molar-refractivity contribution in [2.24, 2.45) is 17.8 Å². The van der Waals surface area contributed by atoms with E-state index in [1.54, 1.807) is 20.8 Å². The smallest absolute Gasteiger partial charge is 0.306 e. The molecule has 3 unspecified atom stereocenters. The molecule has 0 aliphatic rings. The second-order valence-electron chi connectivity index (χ2n) is 12.6. The minimum Gasteiger partial charge on any atom is -0.481 e. The first kappa shape index (κ1) is 39.1. The van der Waals surface area contributed by atoms with Gasteiger partial charge >= 0.3 is 17.9 Å². The van der Waals surface area contributed by atoms with Gasteiger partial charge < -0.3 is 19.8 Å². The predicted molar refractivity (Wildman–Crippen MR) is 168 cm³/mol. The average Bonchev–Trinajstić information content (AvgIpc) is 2.94. The highest BCUT2D eigenvalue weighted by atomic mass is 16.4. The summed E-state index contributed by atoms with van der Waals surface area (Å²) in [5.41, 5.74) is 0. The minimum absolute atomic E-state index is 0.478. The van der Waals surface area contributed by atoms with Gasteiger partial charge in [0.15, 0.2) is 0 Å². The van der Waals surface area contributed by atoms with Gasteiger partial charge in [-0.15, -0.1) is 0 Å². The lowest BCUT2D eigenvalue weighted by Gasteiger charge is -2.40. The van der Waals surface area contributed by atoms with Crippen molar-refractivity contribution in [1.29, 1.82) is 0 Å². The molecule has 0 spiro atoms. The second-order valence-corrected chi connectivity index (χ2v) is 12.6. The highest BCUT2D eigenvalue weighted by Crippen LogP contribution is 2.22. The van der Waals surface area contributed by atoms with Crippen LogP contribution in [-0.2, 0) is 14.4 Å². The van der Waals surface area contributed by atoms with E-state index in [1.807, 2.05) is 0 Å². The molecule has 0 aromatic rings. The highest BCUT2D eigenvalue weighted by Gasteiger charge is 2.31. The maximum atomic E-state index is 11.5. The molecule has 41 heavy (non-hydrogen) atoms. The second kappa shape index (κ2) is 24.7. The van der Waals surface area contributed by atoms with Crippen molar-refractivity contribution < 1.29 is 34.2 Å². The third-order valence-electron chi connectivity index (χ3n) is 8.78. The number of quaternary nitrogens is 1. The van der Waals surface area contributed by atoms with E-state index >= 15 is 0 Å². The van der Waals surface area contributed by atoms with Gasteiger partial charge in [0.1, 0.15) is 0 Å². The fourth-order valence-corrected chi connectivity index (χ4v) is 5.38. The van der Waals surface area contributed by atoms with Crippen LogP contribution in [0.5, 0.6) is 0 Å². The third kappa shape index (κ3) is 21.5. The Morgan fingerprint density at radius 2 is 0.829 bits per heavy atom. The molecule has 240 valence electrons. The monoisotopic (exact) mass is 582 g/mol. The normalized spacial score (nSPS) is 15.4. The maximum absolute atomic E-state index is 11.5. The zero-order valence-electron chi connectivity index (χ0n) is 27.0. The molecule has 0 rings (SSSR count). The first-order valence-corrected chi connectivity index (χ1v) is 16.7. The molecule has 3 N–H and O–H groups in total. The number of nitrogens with zero attached hydrogens (tertiary/aromatic N) is 1. The van der Waals surface area contributed by atoms with Gasteiger partial charge in [-0.3, -0.25) is 14.4 Å². The number of carbonyl (C=O) groups is 3. The largest absolute Gasteiger partial charge is 0.481 e. The third-order valence-corrected chi connectivity index (χ3v) is 8.78. The summed E-state index contributed by atoms with van der Waals surface area (Å²) in [5, 5.41) is 28.3. The minimum atomic E-state index is -0.823. The number of carboxylic acid groups (broad SMARTS) is 3. The van der Waals surface area contributed by atoms with E-state index < -0.39 is 35.7 Å². The molecule has 0 aromatic carbocycles. The number of unbranched alkanes of at least 4 members (excludes halogenated alkanes) is 13. The zero-order chi connectivity index (χ0) is 30.9. The lowest BCUT2D eigenvalue weighted by atomic mass is 10.0. The highest BCUT2D eigenvalue weighted by molar-refractivity contribution is 5.70. The summed E-state index contributed by atoms with van der Waals surface area (Å²) in [6, 6.07) is 0. The van der Waals surface area contributed by atoms with Crippen molar-refractivity contribution in [3.8, 4) is 0 Å². The molecular formula is C34H64NO6+. The fraction of sp³-hybridized carbons (Fsp3) is 0.853. The molecule has 7 nitrogen and oxygen atoms in total.